The molecule has 1 amide bonds. The number of nitrogens with zero attached hydrogens (tertiary/aromatic N) is 2. The summed E-state index contributed by atoms with van der Waals surface area (Å²) in [5.74, 6) is 1.94. The molecule has 2 aliphatic rings. The lowest BCUT2D eigenvalue weighted by Gasteiger charge is -2.31. The highest BCUT2D eigenvalue weighted by Crippen LogP contribution is 2.47. The molecule has 0 radical (unpaired) electrons. The van der Waals surface area contributed by atoms with Gasteiger partial charge in [-0.15, -0.1) is 0 Å². The first-order valence-corrected chi connectivity index (χ1v) is 9.61. The predicted octanol–water partition coefficient (Wildman–Crippen LogP) is 3.88. The van der Waals surface area contributed by atoms with Crippen molar-refractivity contribution in [2.75, 3.05) is 32.8 Å². The molecule has 0 saturated carbocycles. The van der Waals surface area contributed by atoms with E-state index in [2.05, 4.69) is 4.90 Å². The summed E-state index contributed by atoms with van der Waals surface area (Å²) in [6.07, 6.45) is 1.57. The second-order valence-corrected chi connectivity index (χ2v) is 7.34. The Hall–Kier alpha value is -2.44. The van der Waals surface area contributed by atoms with Crippen molar-refractivity contribution in [2.45, 2.75) is 25.0 Å². The smallest absolute Gasteiger partial charge is 0.246 e. The van der Waals surface area contributed by atoms with Gasteiger partial charge in [-0.1, -0.05) is 11.6 Å². The highest BCUT2D eigenvalue weighted by molar-refractivity contribution is 6.30. The molecule has 0 aliphatic carbocycles. The molecule has 2 fully saturated rings. The second kappa shape index (κ2) is 7.53. The molecular formula is C21H23ClN2O4. The minimum absolute atomic E-state index is 0.0988. The van der Waals surface area contributed by atoms with Gasteiger partial charge in [0.2, 0.25) is 5.91 Å². The van der Waals surface area contributed by atoms with Gasteiger partial charge in [0.15, 0.2) is 11.5 Å². The highest BCUT2D eigenvalue weighted by atomic mass is 35.5. The molecule has 0 bridgehead atoms. The van der Waals surface area contributed by atoms with E-state index in [1.54, 1.807) is 33.5 Å². The number of halogens is 1. The molecule has 2 atom stereocenters. The molecule has 6 nitrogen and oxygen atoms in total. The number of fused-ring (bicyclic) bond motifs is 1. The fourth-order valence-electron chi connectivity index (χ4n) is 4.22. The Labute approximate surface area is 169 Å². The van der Waals surface area contributed by atoms with Crippen LogP contribution in [0.3, 0.4) is 0 Å². The topological polar surface area (TPSA) is 51.2 Å². The molecule has 2 aromatic carbocycles. The van der Waals surface area contributed by atoms with Crippen molar-refractivity contribution >= 4 is 23.2 Å². The zero-order chi connectivity index (χ0) is 19.8. The standard InChI is InChI=1S/C21H23ClN2O4/c1-26-17-12-19(28-3)18(27-2)11-15(17)20-23-10-4-5-16(23)21(25)24(20)14-8-6-13(22)7-9-14/h6-9,11-12,16,20H,4-5,10H2,1-3H3/t16-,20+/m0/s1. The molecule has 2 aliphatic heterocycles. The number of carbonyl (C=O) groups is 1. The fraction of sp³-hybridized carbons (Fsp3) is 0.381. The Balaban J connectivity index is 1.87. The molecule has 0 N–H and O–H groups in total. The average molecular weight is 403 g/mol. The lowest BCUT2D eigenvalue weighted by atomic mass is 10.1. The van der Waals surface area contributed by atoms with Crippen LogP contribution in [0.4, 0.5) is 5.69 Å². The van der Waals surface area contributed by atoms with E-state index in [0.29, 0.717) is 22.3 Å². The molecule has 2 saturated heterocycles. The number of anilines is 1. The van der Waals surface area contributed by atoms with Crippen LogP contribution in [0.5, 0.6) is 17.2 Å². The lowest BCUT2D eigenvalue weighted by molar-refractivity contribution is -0.119. The van der Waals surface area contributed by atoms with Gasteiger partial charge in [0.1, 0.15) is 11.9 Å². The van der Waals surface area contributed by atoms with Crippen LogP contribution < -0.4 is 19.1 Å². The first kappa shape index (κ1) is 18.9. The maximum Gasteiger partial charge on any atom is 0.246 e. The van der Waals surface area contributed by atoms with Gasteiger partial charge < -0.3 is 14.2 Å². The van der Waals surface area contributed by atoms with Gasteiger partial charge in [-0.3, -0.25) is 14.6 Å². The Kier molecular flexibility index (Phi) is 5.08. The molecule has 4 rings (SSSR count). The fourth-order valence-corrected chi connectivity index (χ4v) is 4.34. The van der Waals surface area contributed by atoms with E-state index < -0.39 is 0 Å². The molecule has 148 valence electrons. The average Bonchev–Trinajstić information content (AvgIpc) is 3.30. The number of hydrogen-bond donors (Lipinski definition) is 0. The van der Waals surface area contributed by atoms with Crippen LogP contribution in [-0.2, 0) is 4.79 Å². The van der Waals surface area contributed by atoms with Gasteiger partial charge in [0, 0.05) is 28.9 Å². The Morgan fingerprint density at radius 3 is 2.25 bits per heavy atom. The molecule has 2 aromatic rings. The number of benzene rings is 2. The van der Waals surface area contributed by atoms with Gasteiger partial charge in [-0.05, 0) is 43.2 Å². The van der Waals surface area contributed by atoms with E-state index in [1.165, 1.54) is 0 Å². The van der Waals surface area contributed by atoms with Gasteiger partial charge in [0.25, 0.3) is 0 Å². The van der Waals surface area contributed by atoms with Crippen LogP contribution in [0, 0.1) is 0 Å². The molecule has 28 heavy (non-hydrogen) atoms. The number of ether oxygens (including phenoxy) is 3. The third-order valence-electron chi connectivity index (χ3n) is 5.49. The van der Waals surface area contributed by atoms with E-state index in [-0.39, 0.29) is 18.1 Å². The highest BCUT2D eigenvalue weighted by Gasteiger charge is 2.50. The summed E-state index contributed by atoms with van der Waals surface area (Å²) < 4.78 is 16.6. The molecule has 2 heterocycles. The minimum atomic E-state index is -0.282. The van der Waals surface area contributed by atoms with Crippen molar-refractivity contribution in [3.8, 4) is 17.2 Å². The summed E-state index contributed by atoms with van der Waals surface area (Å²) in [6, 6.07) is 10.9. The summed E-state index contributed by atoms with van der Waals surface area (Å²) in [7, 11) is 4.81. The lowest BCUT2D eigenvalue weighted by Crippen LogP contribution is -2.32. The Bertz CT molecular complexity index is 887. The summed E-state index contributed by atoms with van der Waals surface area (Å²) in [5, 5.41) is 0.635. The van der Waals surface area contributed by atoms with Gasteiger partial charge in [-0.2, -0.15) is 0 Å². The molecule has 0 aromatic heterocycles. The van der Waals surface area contributed by atoms with Gasteiger partial charge in [-0.25, -0.2) is 0 Å². The zero-order valence-corrected chi connectivity index (χ0v) is 16.9. The van der Waals surface area contributed by atoms with Crippen LogP contribution in [0.1, 0.15) is 24.6 Å². The maximum absolute atomic E-state index is 13.3. The summed E-state index contributed by atoms with van der Waals surface area (Å²) in [4.78, 5) is 17.4. The van der Waals surface area contributed by atoms with E-state index in [1.807, 2.05) is 29.2 Å². The monoisotopic (exact) mass is 402 g/mol. The molecule has 0 unspecified atom stereocenters. The van der Waals surface area contributed by atoms with E-state index in [4.69, 9.17) is 25.8 Å². The maximum atomic E-state index is 13.3. The predicted molar refractivity (Wildman–Crippen MR) is 108 cm³/mol. The van der Waals surface area contributed by atoms with Gasteiger partial charge >= 0.3 is 0 Å². The molecule has 7 heteroatoms. The van der Waals surface area contributed by atoms with Crippen molar-refractivity contribution < 1.29 is 19.0 Å². The van der Waals surface area contributed by atoms with E-state index in [9.17, 15) is 4.79 Å². The first-order chi connectivity index (χ1) is 13.6. The number of amides is 1. The second-order valence-electron chi connectivity index (χ2n) is 6.90. The van der Waals surface area contributed by atoms with Crippen LogP contribution >= 0.6 is 11.6 Å². The van der Waals surface area contributed by atoms with E-state index in [0.717, 1.165) is 30.6 Å². The van der Waals surface area contributed by atoms with Crippen molar-refractivity contribution in [1.82, 2.24) is 4.90 Å². The van der Waals surface area contributed by atoms with E-state index >= 15 is 0 Å². The number of hydrogen-bond acceptors (Lipinski definition) is 5. The van der Waals surface area contributed by atoms with Crippen LogP contribution in [0.25, 0.3) is 0 Å². The third-order valence-corrected chi connectivity index (χ3v) is 5.75. The first-order valence-electron chi connectivity index (χ1n) is 9.23. The van der Waals surface area contributed by atoms with Crippen molar-refractivity contribution in [1.29, 1.82) is 0 Å². The zero-order valence-electron chi connectivity index (χ0n) is 16.1. The minimum Gasteiger partial charge on any atom is -0.496 e. The quantitative estimate of drug-likeness (QED) is 0.759. The Morgan fingerprint density at radius 1 is 0.964 bits per heavy atom. The largest absolute Gasteiger partial charge is 0.496 e. The van der Waals surface area contributed by atoms with Crippen molar-refractivity contribution in [3.63, 3.8) is 0 Å². The molecule has 0 spiro atoms. The SMILES string of the molecule is COc1cc(OC)c([C@H]2N(c3ccc(Cl)cc3)C(=O)[C@@H]3CCCN32)cc1OC. The summed E-state index contributed by atoms with van der Waals surface area (Å²) in [5.41, 5.74) is 1.68. The van der Waals surface area contributed by atoms with Crippen molar-refractivity contribution in [3.05, 3.63) is 47.0 Å². The van der Waals surface area contributed by atoms with Crippen LogP contribution in [0.2, 0.25) is 5.02 Å². The number of rotatable bonds is 5. The van der Waals surface area contributed by atoms with Crippen LogP contribution in [-0.4, -0.2) is 44.7 Å². The third kappa shape index (κ3) is 2.97. The normalized spacial score (nSPS) is 21.7. The summed E-state index contributed by atoms with van der Waals surface area (Å²) >= 11 is 6.06. The molecular weight excluding hydrogens is 380 g/mol. The van der Waals surface area contributed by atoms with Crippen LogP contribution in [0.15, 0.2) is 36.4 Å². The number of carbonyl (C=O) groups excluding carboxylic acids is 1. The van der Waals surface area contributed by atoms with Crippen molar-refractivity contribution in [2.24, 2.45) is 0 Å². The number of methoxy groups -OCH3 is 3. The summed E-state index contributed by atoms with van der Waals surface area (Å²) in [6.45, 7) is 0.850. The van der Waals surface area contributed by atoms with Gasteiger partial charge in [0.05, 0.1) is 27.4 Å². The Morgan fingerprint density at radius 2 is 1.61 bits per heavy atom.